The normalized spacial score (nSPS) is 16.8. The molecule has 1 heterocycles. The monoisotopic (exact) mass is 315 g/mol. The molecule has 1 aliphatic rings. The van der Waals surface area contributed by atoms with Crippen LogP contribution in [0.2, 0.25) is 0 Å². The van der Waals surface area contributed by atoms with E-state index in [0.717, 1.165) is 24.8 Å². The predicted molar refractivity (Wildman–Crippen MR) is 85.8 cm³/mol. The van der Waals surface area contributed by atoms with Crippen molar-refractivity contribution in [1.82, 2.24) is 4.98 Å². The minimum atomic E-state index is -0.426. The van der Waals surface area contributed by atoms with Crippen molar-refractivity contribution < 1.29 is 9.59 Å². The molecule has 1 aromatic heterocycles. The van der Waals surface area contributed by atoms with Crippen molar-refractivity contribution in [2.45, 2.75) is 31.6 Å². The molecule has 0 unspecified atom stereocenters. The lowest BCUT2D eigenvalue weighted by Crippen LogP contribution is -2.24. The van der Waals surface area contributed by atoms with E-state index in [1.54, 1.807) is 5.38 Å². The maximum atomic E-state index is 12.5. The Morgan fingerprint density at radius 3 is 3.00 bits per heavy atom. The van der Waals surface area contributed by atoms with Crippen LogP contribution in [-0.4, -0.2) is 16.8 Å². The zero-order valence-electron chi connectivity index (χ0n) is 12.0. The third kappa shape index (κ3) is 3.17. The van der Waals surface area contributed by atoms with Gasteiger partial charge in [0.05, 0.1) is 18.0 Å². The van der Waals surface area contributed by atoms with Gasteiger partial charge in [-0.05, 0) is 30.4 Å². The van der Waals surface area contributed by atoms with E-state index in [4.69, 9.17) is 5.73 Å². The van der Waals surface area contributed by atoms with Gasteiger partial charge < -0.3 is 11.1 Å². The number of hydrogen-bond acceptors (Lipinski definition) is 4. The fourth-order valence-corrected chi connectivity index (χ4v) is 3.56. The molecule has 0 saturated carbocycles. The second-order valence-corrected chi connectivity index (χ2v) is 6.28. The number of hydrogen-bond donors (Lipinski definition) is 2. The van der Waals surface area contributed by atoms with Gasteiger partial charge in [-0.15, -0.1) is 11.3 Å². The molecule has 0 spiro atoms. The van der Waals surface area contributed by atoms with E-state index < -0.39 is 5.91 Å². The molecule has 6 heteroatoms. The van der Waals surface area contributed by atoms with Crippen LogP contribution >= 0.6 is 11.3 Å². The molecule has 0 aliphatic heterocycles. The minimum Gasteiger partial charge on any atom is -0.369 e. The lowest BCUT2D eigenvalue weighted by molar-refractivity contribution is -0.118. The van der Waals surface area contributed by atoms with Crippen molar-refractivity contribution in [3.05, 3.63) is 46.5 Å². The number of benzene rings is 1. The van der Waals surface area contributed by atoms with E-state index in [1.165, 1.54) is 16.9 Å². The first-order chi connectivity index (χ1) is 10.6. The van der Waals surface area contributed by atoms with Crippen LogP contribution < -0.4 is 11.1 Å². The number of nitrogens with two attached hydrogens (primary N) is 1. The van der Waals surface area contributed by atoms with E-state index in [9.17, 15) is 9.59 Å². The summed E-state index contributed by atoms with van der Waals surface area (Å²) in [6.07, 6.45) is 2.99. The van der Waals surface area contributed by atoms with Crippen LogP contribution in [-0.2, 0) is 22.4 Å². The molecule has 0 saturated heterocycles. The number of nitrogens with zero attached hydrogens (tertiary/aromatic N) is 1. The molecule has 1 aliphatic carbocycles. The summed E-state index contributed by atoms with van der Waals surface area (Å²) in [4.78, 5) is 27.6. The number of nitrogens with one attached hydrogen (secondary N) is 1. The van der Waals surface area contributed by atoms with Crippen LogP contribution in [0.5, 0.6) is 0 Å². The first-order valence-electron chi connectivity index (χ1n) is 7.25. The Hall–Kier alpha value is -2.21. The largest absolute Gasteiger partial charge is 0.369 e. The Labute approximate surface area is 132 Å². The number of aromatic nitrogens is 1. The maximum Gasteiger partial charge on any atom is 0.233 e. The summed E-state index contributed by atoms with van der Waals surface area (Å²) >= 11 is 1.31. The molecule has 0 radical (unpaired) electrons. The number of fused-ring (bicyclic) bond motifs is 1. The summed E-state index contributed by atoms with van der Waals surface area (Å²) in [7, 11) is 0. The summed E-state index contributed by atoms with van der Waals surface area (Å²) < 4.78 is 0. The molecular formula is C16H17N3O2S. The second-order valence-electron chi connectivity index (χ2n) is 5.42. The van der Waals surface area contributed by atoms with Crippen LogP contribution in [0.1, 0.15) is 35.6 Å². The van der Waals surface area contributed by atoms with E-state index in [0.29, 0.717) is 10.8 Å². The zero-order valence-corrected chi connectivity index (χ0v) is 12.9. The number of rotatable bonds is 4. The highest BCUT2D eigenvalue weighted by molar-refractivity contribution is 7.13. The molecule has 2 aromatic rings. The minimum absolute atomic E-state index is 0.0351. The second kappa shape index (κ2) is 6.27. The van der Waals surface area contributed by atoms with Crippen molar-refractivity contribution in [2.24, 2.45) is 5.73 Å². The first-order valence-corrected chi connectivity index (χ1v) is 8.13. The average molecular weight is 315 g/mol. The summed E-state index contributed by atoms with van der Waals surface area (Å²) in [6.45, 7) is 0. The number of anilines is 1. The van der Waals surface area contributed by atoms with Crippen LogP contribution in [0, 0.1) is 0 Å². The van der Waals surface area contributed by atoms with E-state index in [1.807, 2.05) is 18.2 Å². The SMILES string of the molecule is NC(=O)Cc1csc(NC(=O)[C@H]2CCCc3ccccc32)n1. The van der Waals surface area contributed by atoms with Crippen molar-refractivity contribution in [3.63, 3.8) is 0 Å². The number of primary amides is 1. The fourth-order valence-electron chi connectivity index (χ4n) is 2.84. The molecule has 2 amide bonds. The van der Waals surface area contributed by atoms with E-state index in [2.05, 4.69) is 16.4 Å². The number of thiazole rings is 1. The molecule has 3 N–H and O–H groups in total. The fraction of sp³-hybridized carbons (Fsp3) is 0.312. The average Bonchev–Trinajstić information content (AvgIpc) is 2.92. The number of carbonyl (C=O) groups excluding carboxylic acids is 2. The van der Waals surface area contributed by atoms with E-state index >= 15 is 0 Å². The van der Waals surface area contributed by atoms with Crippen molar-refractivity contribution in [1.29, 1.82) is 0 Å². The third-order valence-electron chi connectivity index (χ3n) is 3.82. The molecule has 5 nitrogen and oxygen atoms in total. The molecular weight excluding hydrogens is 298 g/mol. The van der Waals surface area contributed by atoms with Gasteiger partial charge in [0.1, 0.15) is 0 Å². The Morgan fingerprint density at radius 1 is 1.36 bits per heavy atom. The molecule has 22 heavy (non-hydrogen) atoms. The summed E-state index contributed by atoms with van der Waals surface area (Å²) in [5.74, 6) is -0.593. The van der Waals surface area contributed by atoms with Gasteiger partial charge >= 0.3 is 0 Å². The summed E-state index contributed by atoms with van der Waals surface area (Å²) in [5, 5.41) is 5.13. The van der Waals surface area contributed by atoms with Gasteiger partial charge in [0.15, 0.2) is 5.13 Å². The number of amides is 2. The van der Waals surface area contributed by atoms with Gasteiger partial charge in [-0.3, -0.25) is 9.59 Å². The zero-order chi connectivity index (χ0) is 15.5. The summed E-state index contributed by atoms with van der Waals surface area (Å²) in [6, 6.07) is 8.09. The van der Waals surface area contributed by atoms with Gasteiger partial charge in [0, 0.05) is 5.38 Å². The van der Waals surface area contributed by atoms with Crippen molar-refractivity contribution in [2.75, 3.05) is 5.32 Å². The van der Waals surface area contributed by atoms with E-state index in [-0.39, 0.29) is 18.2 Å². The van der Waals surface area contributed by atoms with Crippen molar-refractivity contribution >= 4 is 28.3 Å². The Balaban J connectivity index is 1.73. The third-order valence-corrected chi connectivity index (χ3v) is 4.63. The predicted octanol–water partition coefficient (Wildman–Crippen LogP) is 2.23. The highest BCUT2D eigenvalue weighted by Gasteiger charge is 2.26. The number of aryl methyl sites for hydroxylation is 1. The highest BCUT2D eigenvalue weighted by Crippen LogP contribution is 2.32. The van der Waals surface area contributed by atoms with Gasteiger partial charge in [-0.2, -0.15) is 0 Å². The van der Waals surface area contributed by atoms with Crippen LogP contribution in [0.15, 0.2) is 29.6 Å². The smallest absolute Gasteiger partial charge is 0.233 e. The van der Waals surface area contributed by atoms with Gasteiger partial charge in [0.2, 0.25) is 11.8 Å². The highest BCUT2D eigenvalue weighted by atomic mass is 32.1. The molecule has 0 bridgehead atoms. The summed E-state index contributed by atoms with van der Waals surface area (Å²) in [5.41, 5.74) is 8.10. The maximum absolute atomic E-state index is 12.5. The lowest BCUT2D eigenvalue weighted by atomic mass is 9.82. The van der Waals surface area contributed by atoms with Crippen molar-refractivity contribution in [3.8, 4) is 0 Å². The molecule has 0 fully saturated rings. The van der Waals surface area contributed by atoms with Crippen LogP contribution in [0.4, 0.5) is 5.13 Å². The number of carbonyl (C=O) groups is 2. The Kier molecular flexibility index (Phi) is 4.20. The Bertz CT molecular complexity index is 711. The van der Waals surface area contributed by atoms with Gasteiger partial charge in [-0.25, -0.2) is 4.98 Å². The molecule has 3 rings (SSSR count). The topological polar surface area (TPSA) is 85.1 Å². The standard InChI is InChI=1S/C16H17N3O2S/c17-14(20)8-11-9-22-16(18-11)19-15(21)13-7-3-5-10-4-1-2-6-12(10)13/h1-2,4,6,9,13H,3,5,7-8H2,(H2,17,20)(H,18,19,21)/t13-/m0/s1. The lowest BCUT2D eigenvalue weighted by Gasteiger charge is -2.24. The first kappa shape index (κ1) is 14.7. The molecule has 1 atom stereocenters. The Morgan fingerprint density at radius 2 is 2.18 bits per heavy atom. The van der Waals surface area contributed by atoms with Gasteiger partial charge in [-0.1, -0.05) is 24.3 Å². The molecule has 1 aromatic carbocycles. The van der Waals surface area contributed by atoms with Crippen LogP contribution in [0.25, 0.3) is 0 Å². The molecule has 114 valence electrons. The van der Waals surface area contributed by atoms with Crippen LogP contribution in [0.3, 0.4) is 0 Å². The van der Waals surface area contributed by atoms with Gasteiger partial charge in [0.25, 0.3) is 0 Å². The quantitative estimate of drug-likeness (QED) is 0.907.